The highest BCUT2D eigenvalue weighted by Gasteiger charge is 2.10. The maximum atomic E-state index is 11.6. The summed E-state index contributed by atoms with van der Waals surface area (Å²) in [4.78, 5) is 0.354. The fourth-order valence-corrected chi connectivity index (χ4v) is 2.41. The van der Waals surface area contributed by atoms with Crippen molar-refractivity contribution >= 4 is 9.84 Å². The largest absolute Gasteiger partial charge is 0.241 e. The summed E-state index contributed by atoms with van der Waals surface area (Å²) in [6.45, 7) is 3.60. The van der Waals surface area contributed by atoms with Crippen LogP contribution in [0.2, 0.25) is 0 Å². The van der Waals surface area contributed by atoms with Gasteiger partial charge in [-0.05, 0) is 36.8 Å². The summed E-state index contributed by atoms with van der Waals surface area (Å²) in [7, 11) is -3.12. The molecule has 0 unspecified atom stereocenters. The zero-order valence-corrected chi connectivity index (χ0v) is 10.6. The SMILES string of the molecule is CCS(=O)(=O)c1ccc(-n2cc(C)cn2)cc1. The zero-order chi connectivity index (χ0) is 12.5. The summed E-state index contributed by atoms with van der Waals surface area (Å²) in [6, 6.07) is 6.75. The van der Waals surface area contributed by atoms with E-state index in [1.165, 1.54) is 0 Å². The quantitative estimate of drug-likeness (QED) is 0.837. The number of aromatic nitrogens is 2. The Hall–Kier alpha value is -1.62. The Bertz CT molecular complexity index is 612. The van der Waals surface area contributed by atoms with E-state index in [0.717, 1.165) is 11.3 Å². The molecule has 5 heteroatoms. The van der Waals surface area contributed by atoms with Crippen molar-refractivity contribution in [2.75, 3.05) is 5.75 Å². The molecular weight excluding hydrogens is 236 g/mol. The Balaban J connectivity index is 2.37. The Morgan fingerprint density at radius 2 is 1.88 bits per heavy atom. The molecule has 2 aromatic rings. The first kappa shape index (κ1) is 11.9. The molecule has 1 aromatic carbocycles. The molecule has 0 atom stereocenters. The molecule has 1 heterocycles. The van der Waals surface area contributed by atoms with E-state index in [1.807, 2.05) is 13.1 Å². The standard InChI is InChI=1S/C12H14N2O2S/c1-3-17(15,16)12-6-4-11(5-7-12)14-9-10(2)8-13-14/h4-9H,3H2,1-2H3. The van der Waals surface area contributed by atoms with Crippen molar-refractivity contribution in [1.29, 1.82) is 0 Å². The van der Waals surface area contributed by atoms with Crippen LogP contribution in [0.15, 0.2) is 41.6 Å². The summed E-state index contributed by atoms with van der Waals surface area (Å²) in [6.07, 6.45) is 3.65. The fourth-order valence-electron chi connectivity index (χ4n) is 1.53. The lowest BCUT2D eigenvalue weighted by molar-refractivity contribution is 0.597. The van der Waals surface area contributed by atoms with E-state index in [-0.39, 0.29) is 5.75 Å². The summed E-state index contributed by atoms with van der Waals surface area (Å²) in [5.41, 5.74) is 1.92. The predicted molar refractivity (Wildman–Crippen MR) is 66.0 cm³/mol. The minimum absolute atomic E-state index is 0.118. The van der Waals surface area contributed by atoms with E-state index in [9.17, 15) is 8.42 Å². The molecule has 0 saturated heterocycles. The Morgan fingerprint density at radius 1 is 1.24 bits per heavy atom. The maximum absolute atomic E-state index is 11.6. The van der Waals surface area contributed by atoms with E-state index in [0.29, 0.717) is 4.90 Å². The van der Waals surface area contributed by atoms with Crippen LogP contribution < -0.4 is 0 Å². The lowest BCUT2D eigenvalue weighted by atomic mass is 10.3. The monoisotopic (exact) mass is 250 g/mol. The summed E-state index contributed by atoms with van der Waals surface area (Å²) < 4.78 is 25.0. The lowest BCUT2D eigenvalue weighted by Gasteiger charge is -2.04. The van der Waals surface area contributed by atoms with Gasteiger partial charge in [0.15, 0.2) is 9.84 Å². The summed E-state index contributed by atoms with van der Waals surface area (Å²) in [5.74, 6) is 0.118. The molecule has 0 aliphatic heterocycles. The summed E-state index contributed by atoms with van der Waals surface area (Å²) >= 11 is 0. The molecule has 0 saturated carbocycles. The van der Waals surface area contributed by atoms with Crippen molar-refractivity contribution in [1.82, 2.24) is 9.78 Å². The number of hydrogen-bond donors (Lipinski definition) is 0. The first-order chi connectivity index (χ1) is 8.03. The van der Waals surface area contributed by atoms with Crippen LogP contribution in [0.1, 0.15) is 12.5 Å². The van der Waals surface area contributed by atoms with Gasteiger partial charge in [-0.25, -0.2) is 13.1 Å². The average molecular weight is 250 g/mol. The molecule has 1 aromatic heterocycles. The number of benzene rings is 1. The van der Waals surface area contributed by atoms with Gasteiger partial charge < -0.3 is 0 Å². The van der Waals surface area contributed by atoms with Crippen molar-refractivity contribution in [3.05, 3.63) is 42.2 Å². The molecule has 0 N–H and O–H groups in total. The van der Waals surface area contributed by atoms with Crippen molar-refractivity contribution in [2.24, 2.45) is 0 Å². The van der Waals surface area contributed by atoms with Gasteiger partial charge in [-0.3, -0.25) is 0 Å². The topological polar surface area (TPSA) is 52.0 Å². The molecule has 2 rings (SSSR count). The van der Waals surface area contributed by atoms with Crippen LogP contribution in [0.5, 0.6) is 0 Å². The second kappa shape index (κ2) is 4.33. The van der Waals surface area contributed by atoms with Gasteiger partial charge in [0, 0.05) is 6.20 Å². The van der Waals surface area contributed by atoms with Crippen molar-refractivity contribution in [3.63, 3.8) is 0 Å². The number of aryl methyl sites for hydroxylation is 1. The third-order valence-electron chi connectivity index (χ3n) is 2.55. The Labute approximate surface area is 101 Å². The summed E-state index contributed by atoms with van der Waals surface area (Å²) in [5, 5.41) is 4.17. The second-order valence-electron chi connectivity index (χ2n) is 3.86. The van der Waals surface area contributed by atoms with Gasteiger partial charge in [0.25, 0.3) is 0 Å². The fraction of sp³-hybridized carbons (Fsp3) is 0.250. The number of rotatable bonds is 3. The molecule has 4 nitrogen and oxygen atoms in total. The smallest absolute Gasteiger partial charge is 0.178 e. The highest BCUT2D eigenvalue weighted by atomic mass is 32.2. The van der Waals surface area contributed by atoms with Gasteiger partial charge in [-0.1, -0.05) is 6.92 Å². The third kappa shape index (κ3) is 2.39. The first-order valence-electron chi connectivity index (χ1n) is 5.37. The van der Waals surface area contributed by atoms with Crippen LogP contribution in [0.3, 0.4) is 0 Å². The maximum Gasteiger partial charge on any atom is 0.178 e. The molecule has 0 aliphatic carbocycles. The van der Waals surface area contributed by atoms with Crippen LogP contribution >= 0.6 is 0 Å². The van der Waals surface area contributed by atoms with Gasteiger partial charge in [0.2, 0.25) is 0 Å². The molecule has 17 heavy (non-hydrogen) atoms. The lowest BCUT2D eigenvalue weighted by Crippen LogP contribution is -2.04. The van der Waals surface area contributed by atoms with E-state index < -0.39 is 9.84 Å². The minimum Gasteiger partial charge on any atom is -0.241 e. The van der Waals surface area contributed by atoms with E-state index in [1.54, 1.807) is 42.1 Å². The zero-order valence-electron chi connectivity index (χ0n) is 9.79. The molecule has 0 radical (unpaired) electrons. The van der Waals surface area contributed by atoms with E-state index in [2.05, 4.69) is 5.10 Å². The molecule has 90 valence electrons. The van der Waals surface area contributed by atoms with E-state index >= 15 is 0 Å². The van der Waals surface area contributed by atoms with Gasteiger partial charge in [-0.15, -0.1) is 0 Å². The van der Waals surface area contributed by atoms with Gasteiger partial charge in [0.1, 0.15) is 0 Å². The van der Waals surface area contributed by atoms with Gasteiger partial charge >= 0.3 is 0 Å². The van der Waals surface area contributed by atoms with Crippen molar-refractivity contribution in [2.45, 2.75) is 18.7 Å². The Morgan fingerprint density at radius 3 is 2.35 bits per heavy atom. The molecular formula is C12H14N2O2S. The van der Waals surface area contributed by atoms with Crippen LogP contribution in [-0.2, 0) is 9.84 Å². The van der Waals surface area contributed by atoms with Crippen LogP contribution in [-0.4, -0.2) is 24.0 Å². The van der Waals surface area contributed by atoms with Crippen LogP contribution in [0.25, 0.3) is 5.69 Å². The normalized spacial score (nSPS) is 11.6. The second-order valence-corrected chi connectivity index (χ2v) is 6.14. The number of sulfone groups is 1. The number of hydrogen-bond acceptors (Lipinski definition) is 3. The molecule has 0 bridgehead atoms. The number of nitrogens with zero attached hydrogens (tertiary/aromatic N) is 2. The van der Waals surface area contributed by atoms with Crippen molar-refractivity contribution < 1.29 is 8.42 Å². The average Bonchev–Trinajstić information content (AvgIpc) is 2.76. The highest BCUT2D eigenvalue weighted by Crippen LogP contribution is 2.14. The minimum atomic E-state index is -3.12. The molecule has 0 fully saturated rings. The van der Waals surface area contributed by atoms with Gasteiger partial charge in [0.05, 0.1) is 22.5 Å². The van der Waals surface area contributed by atoms with E-state index in [4.69, 9.17) is 0 Å². The van der Waals surface area contributed by atoms with Gasteiger partial charge in [-0.2, -0.15) is 5.10 Å². The van der Waals surface area contributed by atoms with Crippen molar-refractivity contribution in [3.8, 4) is 5.69 Å². The predicted octanol–water partition coefficient (Wildman–Crippen LogP) is 1.97. The third-order valence-corrected chi connectivity index (χ3v) is 4.30. The molecule has 0 spiro atoms. The highest BCUT2D eigenvalue weighted by molar-refractivity contribution is 7.91. The first-order valence-corrected chi connectivity index (χ1v) is 7.02. The van der Waals surface area contributed by atoms with Crippen LogP contribution in [0, 0.1) is 6.92 Å². The molecule has 0 amide bonds. The Kier molecular flexibility index (Phi) is 3.02. The molecule has 0 aliphatic rings. The van der Waals surface area contributed by atoms with Crippen LogP contribution in [0.4, 0.5) is 0 Å².